The van der Waals surface area contributed by atoms with Gasteiger partial charge in [-0.2, -0.15) is 0 Å². The molecule has 0 saturated heterocycles. The zero-order valence-electron chi connectivity index (χ0n) is 23.0. The first kappa shape index (κ1) is 26.1. The number of fused-ring (bicyclic) bond motifs is 2. The summed E-state index contributed by atoms with van der Waals surface area (Å²) in [5.41, 5.74) is 8.79. The zero-order valence-corrected chi connectivity index (χ0v) is 23.8. The average molecular weight is 546 g/mol. The lowest BCUT2D eigenvalue weighted by atomic mass is 9.99. The van der Waals surface area contributed by atoms with Gasteiger partial charge in [0.2, 0.25) is 0 Å². The lowest BCUT2D eigenvalue weighted by molar-refractivity contribution is 0.0735. The molecule has 6 rings (SSSR count). The number of amides is 1. The third-order valence-corrected chi connectivity index (χ3v) is 8.47. The van der Waals surface area contributed by atoms with Gasteiger partial charge in [0.15, 0.2) is 5.16 Å². The predicted octanol–water partition coefficient (Wildman–Crippen LogP) is 6.80. The Balaban J connectivity index is 1.40. The number of hydrogen-bond acceptors (Lipinski definition) is 4. The summed E-state index contributed by atoms with van der Waals surface area (Å²) in [6.45, 7) is 7.40. The maximum absolute atomic E-state index is 14.0. The van der Waals surface area contributed by atoms with Crippen LogP contribution in [-0.2, 0) is 18.7 Å². The fourth-order valence-corrected chi connectivity index (χ4v) is 6.36. The largest absolute Gasteiger partial charge is 0.334 e. The predicted molar refractivity (Wildman–Crippen MR) is 162 cm³/mol. The normalized spacial score (nSPS) is 12.9. The van der Waals surface area contributed by atoms with Crippen molar-refractivity contribution in [3.63, 3.8) is 0 Å². The molecule has 0 N–H and O–H groups in total. The Morgan fingerprint density at radius 1 is 0.850 bits per heavy atom. The van der Waals surface area contributed by atoms with Gasteiger partial charge in [-0.25, -0.2) is 4.98 Å². The van der Waals surface area contributed by atoms with Gasteiger partial charge in [0.05, 0.1) is 16.6 Å². The highest BCUT2D eigenvalue weighted by Crippen LogP contribution is 2.27. The van der Waals surface area contributed by atoms with Crippen LogP contribution in [0.4, 0.5) is 0 Å². The third kappa shape index (κ3) is 5.19. The molecule has 0 fully saturated rings. The van der Waals surface area contributed by atoms with E-state index in [-0.39, 0.29) is 11.5 Å². The molecule has 5 nitrogen and oxygen atoms in total. The molecule has 2 heterocycles. The molecule has 0 aliphatic carbocycles. The summed E-state index contributed by atoms with van der Waals surface area (Å²) >= 11 is 1.53. The molecule has 0 spiro atoms. The van der Waals surface area contributed by atoms with Gasteiger partial charge in [0.1, 0.15) is 0 Å². The van der Waals surface area contributed by atoms with Crippen LogP contribution in [-0.4, -0.2) is 26.9 Å². The molecule has 6 heteroatoms. The van der Waals surface area contributed by atoms with E-state index in [0.717, 1.165) is 28.8 Å². The fourth-order valence-electron chi connectivity index (χ4n) is 5.39. The first-order valence-electron chi connectivity index (χ1n) is 13.6. The molecule has 1 amide bonds. The van der Waals surface area contributed by atoms with Crippen molar-refractivity contribution in [2.24, 2.45) is 0 Å². The summed E-state index contributed by atoms with van der Waals surface area (Å²) in [4.78, 5) is 34.4. The van der Waals surface area contributed by atoms with E-state index in [2.05, 4.69) is 49.4 Å². The third-order valence-electron chi connectivity index (χ3n) is 7.46. The van der Waals surface area contributed by atoms with Gasteiger partial charge in [0, 0.05) is 24.4 Å². The number of nitrogens with zero attached hydrogens (tertiary/aromatic N) is 3. The molecule has 1 aliphatic rings. The van der Waals surface area contributed by atoms with Crippen LogP contribution in [0.1, 0.15) is 43.7 Å². The van der Waals surface area contributed by atoms with E-state index in [1.54, 1.807) is 22.8 Å². The molecule has 40 heavy (non-hydrogen) atoms. The Morgan fingerprint density at radius 3 is 2.33 bits per heavy atom. The first-order valence-corrected chi connectivity index (χ1v) is 14.5. The van der Waals surface area contributed by atoms with Crippen molar-refractivity contribution >= 4 is 28.6 Å². The van der Waals surface area contributed by atoms with Crippen LogP contribution in [0, 0.1) is 20.8 Å². The van der Waals surface area contributed by atoms with Crippen molar-refractivity contribution < 1.29 is 4.79 Å². The molecule has 0 bridgehead atoms. The second-order valence-corrected chi connectivity index (χ2v) is 11.6. The van der Waals surface area contributed by atoms with Crippen molar-refractivity contribution in [2.45, 2.75) is 44.6 Å². The average Bonchev–Trinajstić information content (AvgIpc) is 2.95. The minimum Gasteiger partial charge on any atom is -0.334 e. The highest BCUT2D eigenvalue weighted by molar-refractivity contribution is 7.98. The molecule has 0 radical (unpaired) electrons. The topological polar surface area (TPSA) is 55.2 Å². The summed E-state index contributed by atoms with van der Waals surface area (Å²) < 4.78 is 1.71. The summed E-state index contributed by atoms with van der Waals surface area (Å²) in [6, 6.07) is 28.1. The Bertz CT molecular complexity index is 1790. The molecule has 1 aliphatic heterocycles. The van der Waals surface area contributed by atoms with E-state index in [0.29, 0.717) is 40.5 Å². The van der Waals surface area contributed by atoms with E-state index in [9.17, 15) is 9.59 Å². The quantitative estimate of drug-likeness (QED) is 0.180. The monoisotopic (exact) mass is 545 g/mol. The van der Waals surface area contributed by atoms with Gasteiger partial charge in [-0.3, -0.25) is 14.2 Å². The smallest absolute Gasteiger partial charge is 0.266 e. The van der Waals surface area contributed by atoms with Crippen molar-refractivity contribution in [1.29, 1.82) is 0 Å². The summed E-state index contributed by atoms with van der Waals surface area (Å²) in [7, 11) is 0. The molecule has 0 saturated carbocycles. The highest BCUT2D eigenvalue weighted by atomic mass is 32.2. The van der Waals surface area contributed by atoms with Crippen molar-refractivity contribution in [2.75, 3.05) is 6.54 Å². The Kier molecular flexibility index (Phi) is 7.03. The fraction of sp³-hybridized carbons (Fsp3) is 0.206. The van der Waals surface area contributed by atoms with E-state index < -0.39 is 0 Å². The maximum atomic E-state index is 14.0. The van der Waals surface area contributed by atoms with Crippen molar-refractivity contribution in [1.82, 2.24) is 14.5 Å². The number of aryl methyl sites for hydroxylation is 3. The van der Waals surface area contributed by atoms with Gasteiger partial charge in [-0.15, -0.1) is 0 Å². The van der Waals surface area contributed by atoms with Crippen LogP contribution in [0.25, 0.3) is 16.6 Å². The number of hydrogen-bond donors (Lipinski definition) is 0. The van der Waals surface area contributed by atoms with Crippen LogP contribution in [0.5, 0.6) is 0 Å². The number of carbonyl (C=O) groups is 1. The van der Waals surface area contributed by atoms with Crippen LogP contribution >= 0.6 is 11.8 Å². The number of aromatic nitrogens is 2. The molecule has 200 valence electrons. The SMILES string of the molecule is Cc1ccc(CSc2nc3cc(C(=O)N4CCc5ccccc5C4)ccc3c(=O)n2-c2cc(C)cc(C)c2)cc1. The minimum absolute atomic E-state index is 0.0365. The number of benzene rings is 4. The van der Waals surface area contributed by atoms with Gasteiger partial charge >= 0.3 is 0 Å². The summed E-state index contributed by atoms with van der Waals surface area (Å²) in [6.07, 6.45) is 0.841. The lowest BCUT2D eigenvalue weighted by Gasteiger charge is -2.29. The van der Waals surface area contributed by atoms with Crippen molar-refractivity contribution in [3.05, 3.63) is 134 Å². The van der Waals surface area contributed by atoms with Crippen molar-refractivity contribution in [3.8, 4) is 5.69 Å². The second-order valence-electron chi connectivity index (χ2n) is 10.6. The highest BCUT2D eigenvalue weighted by Gasteiger charge is 2.23. The van der Waals surface area contributed by atoms with Gasteiger partial charge < -0.3 is 4.90 Å². The molecular weight excluding hydrogens is 514 g/mol. The van der Waals surface area contributed by atoms with Crippen LogP contribution < -0.4 is 5.56 Å². The van der Waals surface area contributed by atoms with E-state index >= 15 is 0 Å². The maximum Gasteiger partial charge on any atom is 0.266 e. The molecule has 5 aromatic rings. The van der Waals surface area contributed by atoms with E-state index in [1.807, 2.05) is 43.0 Å². The minimum atomic E-state index is -0.132. The zero-order chi connectivity index (χ0) is 27.8. The number of thioether (sulfide) groups is 1. The molecule has 4 aromatic carbocycles. The standard InChI is InChI=1S/C34H31N3O2S/c1-22-8-10-25(11-9-22)21-40-34-35-31-19-27(32(38)36-15-14-26-6-4-5-7-28(26)20-36)12-13-30(31)33(39)37(34)29-17-23(2)16-24(3)18-29/h4-13,16-19H,14-15,20-21H2,1-3H3. The molecule has 0 unspecified atom stereocenters. The Hall–Kier alpha value is -4.16. The summed E-state index contributed by atoms with van der Waals surface area (Å²) in [5, 5.41) is 1.11. The van der Waals surface area contributed by atoms with Crippen LogP contribution in [0.3, 0.4) is 0 Å². The first-order chi connectivity index (χ1) is 19.4. The van der Waals surface area contributed by atoms with E-state index in [1.165, 1.54) is 28.5 Å². The lowest BCUT2D eigenvalue weighted by Crippen LogP contribution is -2.36. The molecule has 1 aromatic heterocycles. The van der Waals surface area contributed by atoms with Gasteiger partial charge in [-0.05, 0) is 85.3 Å². The molecular formula is C34H31N3O2S. The van der Waals surface area contributed by atoms with Crippen LogP contribution in [0.2, 0.25) is 0 Å². The number of carbonyl (C=O) groups excluding carboxylic acids is 1. The second kappa shape index (κ2) is 10.8. The Labute approximate surface area is 238 Å². The summed E-state index contributed by atoms with van der Waals surface area (Å²) in [5.74, 6) is 0.639. The Morgan fingerprint density at radius 2 is 1.57 bits per heavy atom. The van der Waals surface area contributed by atoms with Gasteiger partial charge in [-0.1, -0.05) is 71.9 Å². The number of rotatable bonds is 5. The van der Waals surface area contributed by atoms with E-state index in [4.69, 9.17) is 4.98 Å². The van der Waals surface area contributed by atoms with Crippen LogP contribution in [0.15, 0.2) is 94.9 Å². The van der Waals surface area contributed by atoms with Gasteiger partial charge in [0.25, 0.3) is 11.5 Å². The molecule has 0 atom stereocenters.